The second kappa shape index (κ2) is 5.52. The van der Waals surface area contributed by atoms with Crippen LogP contribution in [-0.4, -0.2) is 22.9 Å². The Kier molecular flexibility index (Phi) is 3.80. The number of benzene rings is 1. The SMILES string of the molecule is OCC1=C(OCc2ccccc2)C(O)C=CN1. The van der Waals surface area contributed by atoms with Gasteiger partial charge in [0.1, 0.15) is 12.7 Å². The zero-order valence-electron chi connectivity index (χ0n) is 9.34. The molecule has 0 amide bonds. The molecule has 1 atom stereocenters. The predicted molar refractivity (Wildman–Crippen MR) is 63.6 cm³/mol. The van der Waals surface area contributed by atoms with E-state index in [4.69, 9.17) is 9.84 Å². The quantitative estimate of drug-likeness (QED) is 0.722. The molecule has 0 spiro atoms. The monoisotopic (exact) mass is 233 g/mol. The van der Waals surface area contributed by atoms with Crippen molar-refractivity contribution in [1.29, 1.82) is 0 Å². The van der Waals surface area contributed by atoms with E-state index in [0.29, 0.717) is 18.1 Å². The second-order valence-electron chi connectivity index (χ2n) is 3.72. The van der Waals surface area contributed by atoms with E-state index in [9.17, 15) is 5.11 Å². The molecule has 90 valence electrons. The molecule has 4 heteroatoms. The molecule has 0 aromatic heterocycles. The molecule has 0 radical (unpaired) electrons. The first-order valence-electron chi connectivity index (χ1n) is 5.43. The van der Waals surface area contributed by atoms with Crippen LogP contribution < -0.4 is 5.32 Å². The van der Waals surface area contributed by atoms with Gasteiger partial charge in [0.15, 0.2) is 5.76 Å². The van der Waals surface area contributed by atoms with Crippen LogP contribution >= 0.6 is 0 Å². The summed E-state index contributed by atoms with van der Waals surface area (Å²) in [6.07, 6.45) is 2.35. The van der Waals surface area contributed by atoms with Crippen LogP contribution in [0, 0.1) is 0 Å². The fourth-order valence-corrected chi connectivity index (χ4v) is 1.61. The first-order chi connectivity index (χ1) is 8.31. The van der Waals surface area contributed by atoms with Crippen molar-refractivity contribution in [2.24, 2.45) is 0 Å². The lowest BCUT2D eigenvalue weighted by molar-refractivity contribution is 0.107. The highest BCUT2D eigenvalue weighted by Crippen LogP contribution is 2.16. The molecule has 3 N–H and O–H groups in total. The maximum absolute atomic E-state index is 9.73. The van der Waals surface area contributed by atoms with Crippen molar-refractivity contribution in [3.05, 3.63) is 59.6 Å². The molecule has 1 aliphatic heterocycles. The van der Waals surface area contributed by atoms with E-state index < -0.39 is 6.10 Å². The number of rotatable bonds is 4. The minimum Gasteiger partial charge on any atom is -0.488 e. The maximum atomic E-state index is 9.73. The van der Waals surface area contributed by atoms with Crippen molar-refractivity contribution in [3.8, 4) is 0 Å². The van der Waals surface area contributed by atoms with Gasteiger partial charge in [-0.15, -0.1) is 0 Å². The summed E-state index contributed by atoms with van der Waals surface area (Å²) in [5, 5.41) is 21.7. The molecule has 0 saturated heterocycles. The minimum absolute atomic E-state index is 0.189. The maximum Gasteiger partial charge on any atom is 0.151 e. The van der Waals surface area contributed by atoms with Crippen LogP contribution in [0.25, 0.3) is 0 Å². The number of ether oxygens (including phenoxy) is 1. The third-order valence-electron chi connectivity index (χ3n) is 2.50. The number of aliphatic hydroxyl groups excluding tert-OH is 2. The highest BCUT2D eigenvalue weighted by molar-refractivity contribution is 5.23. The lowest BCUT2D eigenvalue weighted by atomic mass is 10.2. The van der Waals surface area contributed by atoms with Crippen LogP contribution in [0.2, 0.25) is 0 Å². The predicted octanol–water partition coefficient (Wildman–Crippen LogP) is 0.885. The minimum atomic E-state index is -0.804. The van der Waals surface area contributed by atoms with Gasteiger partial charge in [0.2, 0.25) is 0 Å². The van der Waals surface area contributed by atoms with E-state index in [1.54, 1.807) is 12.3 Å². The van der Waals surface area contributed by atoms with Crippen LogP contribution in [0.1, 0.15) is 5.56 Å². The van der Waals surface area contributed by atoms with Gasteiger partial charge in [-0.3, -0.25) is 0 Å². The van der Waals surface area contributed by atoms with E-state index in [1.165, 1.54) is 0 Å². The molecule has 0 aliphatic carbocycles. The largest absolute Gasteiger partial charge is 0.488 e. The van der Waals surface area contributed by atoms with Gasteiger partial charge < -0.3 is 20.3 Å². The Labute approximate surface area is 99.9 Å². The first-order valence-corrected chi connectivity index (χ1v) is 5.43. The fourth-order valence-electron chi connectivity index (χ4n) is 1.61. The van der Waals surface area contributed by atoms with E-state index in [2.05, 4.69) is 5.32 Å². The number of hydrogen-bond donors (Lipinski definition) is 3. The second-order valence-corrected chi connectivity index (χ2v) is 3.72. The van der Waals surface area contributed by atoms with Crippen LogP contribution in [0.3, 0.4) is 0 Å². The van der Waals surface area contributed by atoms with Gasteiger partial charge in [0.25, 0.3) is 0 Å². The van der Waals surface area contributed by atoms with Gasteiger partial charge in [-0.2, -0.15) is 0 Å². The molecule has 0 bridgehead atoms. The zero-order chi connectivity index (χ0) is 12.1. The first kappa shape index (κ1) is 11.7. The average molecular weight is 233 g/mol. The molecule has 2 rings (SSSR count). The summed E-state index contributed by atoms with van der Waals surface area (Å²) in [7, 11) is 0. The summed E-state index contributed by atoms with van der Waals surface area (Å²) >= 11 is 0. The van der Waals surface area contributed by atoms with Crippen molar-refractivity contribution < 1.29 is 14.9 Å². The Morgan fingerprint density at radius 3 is 2.71 bits per heavy atom. The van der Waals surface area contributed by atoms with Crippen LogP contribution in [0.5, 0.6) is 0 Å². The molecular formula is C13H15NO3. The van der Waals surface area contributed by atoms with Gasteiger partial charge in [-0.05, 0) is 17.8 Å². The van der Waals surface area contributed by atoms with Crippen molar-refractivity contribution in [1.82, 2.24) is 5.32 Å². The summed E-state index contributed by atoms with van der Waals surface area (Å²) < 4.78 is 5.54. The topological polar surface area (TPSA) is 61.7 Å². The van der Waals surface area contributed by atoms with Crippen LogP contribution in [-0.2, 0) is 11.3 Å². The van der Waals surface area contributed by atoms with E-state index in [1.807, 2.05) is 30.3 Å². The summed E-state index contributed by atoms with van der Waals surface area (Å²) in [5.74, 6) is 0.374. The molecule has 0 saturated carbocycles. The standard InChI is InChI=1S/C13H15NO3/c15-8-11-13(12(16)6-7-14-11)17-9-10-4-2-1-3-5-10/h1-7,12,14-16H,8-9H2. The summed E-state index contributed by atoms with van der Waals surface area (Å²) in [4.78, 5) is 0. The Balaban J connectivity index is 2.04. The van der Waals surface area contributed by atoms with Gasteiger partial charge in [-0.25, -0.2) is 0 Å². The third kappa shape index (κ3) is 2.87. The Hall–Kier alpha value is -1.78. The summed E-state index contributed by atoms with van der Waals surface area (Å²) in [6.45, 7) is 0.178. The lowest BCUT2D eigenvalue weighted by Crippen LogP contribution is -2.25. The van der Waals surface area contributed by atoms with Gasteiger partial charge in [0, 0.05) is 0 Å². The summed E-state index contributed by atoms with van der Waals surface area (Å²) in [6, 6.07) is 9.67. The Morgan fingerprint density at radius 2 is 2.00 bits per heavy atom. The van der Waals surface area contributed by atoms with Gasteiger partial charge in [0.05, 0.1) is 12.3 Å². The molecule has 1 aromatic rings. The molecule has 1 aliphatic rings. The van der Waals surface area contributed by atoms with Crippen molar-refractivity contribution in [2.45, 2.75) is 12.7 Å². The van der Waals surface area contributed by atoms with Crippen molar-refractivity contribution in [2.75, 3.05) is 6.61 Å². The smallest absolute Gasteiger partial charge is 0.151 e. The number of nitrogens with one attached hydrogen (secondary N) is 1. The highest BCUT2D eigenvalue weighted by Gasteiger charge is 2.18. The van der Waals surface area contributed by atoms with Crippen LogP contribution in [0.15, 0.2) is 54.1 Å². The molecule has 17 heavy (non-hydrogen) atoms. The number of aliphatic hydroxyl groups is 2. The number of hydrogen-bond acceptors (Lipinski definition) is 4. The van der Waals surface area contributed by atoms with E-state index in [0.717, 1.165) is 5.56 Å². The molecule has 1 aromatic carbocycles. The highest BCUT2D eigenvalue weighted by atomic mass is 16.5. The molecule has 0 fully saturated rings. The molecule has 1 heterocycles. The van der Waals surface area contributed by atoms with Gasteiger partial charge in [-0.1, -0.05) is 30.3 Å². The Bertz CT molecular complexity index is 426. The number of dihydropyridines is 1. The van der Waals surface area contributed by atoms with E-state index in [-0.39, 0.29) is 6.61 Å². The average Bonchev–Trinajstić information content (AvgIpc) is 2.38. The Morgan fingerprint density at radius 1 is 1.24 bits per heavy atom. The summed E-state index contributed by atoms with van der Waals surface area (Å²) in [5.41, 5.74) is 1.51. The molecule has 1 unspecified atom stereocenters. The third-order valence-corrected chi connectivity index (χ3v) is 2.50. The lowest BCUT2D eigenvalue weighted by Gasteiger charge is -2.21. The molecular weight excluding hydrogens is 218 g/mol. The zero-order valence-corrected chi connectivity index (χ0v) is 9.34. The normalized spacial score (nSPS) is 19.1. The van der Waals surface area contributed by atoms with Crippen molar-refractivity contribution >= 4 is 0 Å². The molecule has 4 nitrogen and oxygen atoms in total. The van der Waals surface area contributed by atoms with Crippen molar-refractivity contribution in [3.63, 3.8) is 0 Å². The van der Waals surface area contributed by atoms with Crippen LogP contribution in [0.4, 0.5) is 0 Å². The van der Waals surface area contributed by atoms with Gasteiger partial charge >= 0.3 is 0 Å². The van der Waals surface area contributed by atoms with E-state index >= 15 is 0 Å². The fraction of sp³-hybridized carbons (Fsp3) is 0.231.